The molecule has 0 spiro atoms. The molecular formula is C20H26N2O2S. The lowest BCUT2D eigenvalue weighted by Gasteiger charge is -2.32. The summed E-state index contributed by atoms with van der Waals surface area (Å²) in [5, 5.41) is 0.598. The third-order valence-corrected chi connectivity index (χ3v) is 5.79. The van der Waals surface area contributed by atoms with Crippen LogP contribution in [0.3, 0.4) is 0 Å². The van der Waals surface area contributed by atoms with Gasteiger partial charge >= 0.3 is 0 Å². The molecule has 0 radical (unpaired) electrons. The van der Waals surface area contributed by atoms with E-state index in [2.05, 4.69) is 35.3 Å². The predicted octanol–water partition coefficient (Wildman–Crippen LogP) is 4.25. The van der Waals surface area contributed by atoms with Crippen molar-refractivity contribution in [3.63, 3.8) is 0 Å². The van der Waals surface area contributed by atoms with E-state index in [4.69, 9.17) is 4.42 Å². The minimum absolute atomic E-state index is 0.194. The highest BCUT2D eigenvalue weighted by atomic mass is 32.2. The van der Waals surface area contributed by atoms with Crippen molar-refractivity contribution in [2.45, 2.75) is 44.8 Å². The van der Waals surface area contributed by atoms with Gasteiger partial charge in [0.05, 0.1) is 11.4 Å². The smallest absolute Gasteiger partial charge is 0.256 e. The average Bonchev–Trinajstić information content (AvgIpc) is 2.97. The summed E-state index contributed by atoms with van der Waals surface area (Å²) in [4.78, 5) is 18.7. The Morgan fingerprint density at radius 3 is 2.60 bits per heavy atom. The number of oxazole rings is 1. The number of aromatic nitrogens is 1. The number of rotatable bonds is 6. The molecular weight excluding hydrogens is 332 g/mol. The number of thioether (sulfide) groups is 1. The minimum Gasteiger partial charge on any atom is -0.437 e. The van der Waals surface area contributed by atoms with E-state index >= 15 is 0 Å². The summed E-state index contributed by atoms with van der Waals surface area (Å²) in [5.41, 5.74) is 2.31. The van der Waals surface area contributed by atoms with Crippen molar-refractivity contribution in [1.82, 2.24) is 9.88 Å². The summed E-state index contributed by atoms with van der Waals surface area (Å²) in [5.74, 6) is 2.16. The molecule has 1 saturated heterocycles. The minimum atomic E-state index is 0.194. The zero-order valence-electron chi connectivity index (χ0n) is 15.0. The first-order valence-corrected chi connectivity index (χ1v) is 9.99. The number of aryl methyl sites for hydroxylation is 3. The third kappa shape index (κ3) is 5.11. The van der Waals surface area contributed by atoms with E-state index in [1.54, 1.807) is 0 Å². The van der Waals surface area contributed by atoms with Gasteiger partial charge in [-0.15, -0.1) is 0 Å². The van der Waals surface area contributed by atoms with Gasteiger partial charge in [-0.05, 0) is 51.0 Å². The number of hydrogen-bond acceptors (Lipinski definition) is 4. The summed E-state index contributed by atoms with van der Waals surface area (Å²) in [6, 6.07) is 10.7. The summed E-state index contributed by atoms with van der Waals surface area (Å²) in [7, 11) is 0. The van der Waals surface area contributed by atoms with Crippen LogP contribution < -0.4 is 0 Å². The molecule has 2 aromatic rings. The predicted molar refractivity (Wildman–Crippen MR) is 101 cm³/mol. The zero-order chi connectivity index (χ0) is 17.6. The van der Waals surface area contributed by atoms with Gasteiger partial charge in [0.2, 0.25) is 5.91 Å². The Morgan fingerprint density at radius 1 is 1.24 bits per heavy atom. The molecule has 25 heavy (non-hydrogen) atoms. The van der Waals surface area contributed by atoms with E-state index in [9.17, 15) is 4.79 Å². The summed E-state index contributed by atoms with van der Waals surface area (Å²) in [6.45, 7) is 5.57. The molecule has 1 fully saturated rings. The molecule has 0 bridgehead atoms. The number of nitrogens with zero attached hydrogens (tertiary/aromatic N) is 2. The maximum atomic E-state index is 12.4. The topological polar surface area (TPSA) is 46.3 Å². The molecule has 0 atom stereocenters. The van der Waals surface area contributed by atoms with Gasteiger partial charge in [0.15, 0.2) is 0 Å². The fourth-order valence-corrected chi connectivity index (χ4v) is 4.02. The molecule has 3 rings (SSSR count). The highest BCUT2D eigenvalue weighted by molar-refractivity contribution is 7.99. The molecule has 1 aromatic heterocycles. The number of likely N-dealkylation sites (tertiary alicyclic amines) is 1. The normalized spacial score (nSPS) is 15.5. The first-order valence-electron chi connectivity index (χ1n) is 9.00. The van der Waals surface area contributed by atoms with Gasteiger partial charge < -0.3 is 9.32 Å². The van der Waals surface area contributed by atoms with Crippen molar-refractivity contribution in [2.75, 3.05) is 18.8 Å². The summed E-state index contributed by atoms with van der Waals surface area (Å²) in [6.07, 6.45) is 4.58. The molecule has 1 aromatic carbocycles. The molecule has 2 heterocycles. The largest absolute Gasteiger partial charge is 0.437 e. The van der Waals surface area contributed by atoms with Crippen molar-refractivity contribution < 1.29 is 9.21 Å². The Balaban J connectivity index is 1.38. The molecule has 1 aliphatic heterocycles. The van der Waals surface area contributed by atoms with Gasteiger partial charge in [0.25, 0.3) is 5.22 Å². The molecule has 0 unspecified atom stereocenters. The highest BCUT2D eigenvalue weighted by Gasteiger charge is 2.23. The monoisotopic (exact) mass is 358 g/mol. The fourth-order valence-electron chi connectivity index (χ4n) is 3.21. The molecule has 134 valence electrons. The molecule has 0 aliphatic carbocycles. The lowest BCUT2D eigenvalue weighted by molar-refractivity contribution is -0.129. The van der Waals surface area contributed by atoms with Crippen LogP contribution in [0.5, 0.6) is 0 Å². The van der Waals surface area contributed by atoms with Crippen LogP contribution in [0.1, 0.15) is 36.3 Å². The van der Waals surface area contributed by atoms with Crippen molar-refractivity contribution >= 4 is 17.7 Å². The fraction of sp³-hybridized carbons (Fsp3) is 0.500. The van der Waals surface area contributed by atoms with Gasteiger partial charge in [-0.1, -0.05) is 42.1 Å². The van der Waals surface area contributed by atoms with Crippen LogP contribution in [0, 0.1) is 19.8 Å². The second kappa shape index (κ2) is 8.56. The lowest BCUT2D eigenvalue weighted by Crippen LogP contribution is -2.39. The van der Waals surface area contributed by atoms with Crippen LogP contribution >= 0.6 is 11.8 Å². The van der Waals surface area contributed by atoms with Gasteiger partial charge in [0.1, 0.15) is 5.76 Å². The van der Waals surface area contributed by atoms with Gasteiger partial charge in [-0.3, -0.25) is 4.79 Å². The Kier molecular flexibility index (Phi) is 6.19. The van der Waals surface area contributed by atoms with Crippen LogP contribution in [0.25, 0.3) is 0 Å². The van der Waals surface area contributed by atoms with Gasteiger partial charge in [-0.25, -0.2) is 4.98 Å². The quantitative estimate of drug-likeness (QED) is 0.724. The second-order valence-corrected chi connectivity index (χ2v) is 7.69. The van der Waals surface area contributed by atoms with Crippen molar-refractivity contribution in [3.8, 4) is 0 Å². The van der Waals surface area contributed by atoms with E-state index < -0.39 is 0 Å². The van der Waals surface area contributed by atoms with Crippen molar-refractivity contribution in [2.24, 2.45) is 5.92 Å². The zero-order valence-corrected chi connectivity index (χ0v) is 15.8. The van der Waals surface area contributed by atoms with E-state index in [0.717, 1.165) is 49.7 Å². The molecule has 4 nitrogen and oxygen atoms in total. The van der Waals surface area contributed by atoms with Gasteiger partial charge in [-0.2, -0.15) is 0 Å². The maximum Gasteiger partial charge on any atom is 0.256 e. The lowest BCUT2D eigenvalue weighted by atomic mass is 9.90. The number of carbonyl (C=O) groups is 1. The standard InChI is InChI=1S/C20H26N2O2S/c1-15-16(2)24-20(21-15)25-14-19(23)22-12-10-18(11-13-22)9-8-17-6-4-3-5-7-17/h3-7,18H,8-14H2,1-2H3. The second-order valence-electron chi connectivity index (χ2n) is 6.76. The number of hydrogen-bond donors (Lipinski definition) is 0. The van der Waals surface area contributed by atoms with E-state index in [1.807, 2.05) is 18.7 Å². The average molecular weight is 359 g/mol. The van der Waals surface area contributed by atoms with Crippen LogP contribution in [-0.4, -0.2) is 34.6 Å². The van der Waals surface area contributed by atoms with Crippen LogP contribution in [0.15, 0.2) is 40.0 Å². The Labute approximate surface area is 154 Å². The third-order valence-electron chi connectivity index (χ3n) is 4.98. The Hall–Kier alpha value is -1.75. The molecule has 0 N–H and O–H groups in total. The molecule has 1 amide bonds. The van der Waals surface area contributed by atoms with Crippen LogP contribution in [0.2, 0.25) is 0 Å². The number of benzene rings is 1. The van der Waals surface area contributed by atoms with Crippen molar-refractivity contribution in [1.29, 1.82) is 0 Å². The molecule has 1 aliphatic rings. The Bertz CT molecular complexity index is 671. The van der Waals surface area contributed by atoms with E-state index in [1.165, 1.54) is 23.7 Å². The maximum absolute atomic E-state index is 12.4. The van der Waals surface area contributed by atoms with Crippen LogP contribution in [0.4, 0.5) is 0 Å². The number of piperidine rings is 1. The molecule has 5 heteroatoms. The summed E-state index contributed by atoms with van der Waals surface area (Å²) < 4.78 is 5.52. The summed E-state index contributed by atoms with van der Waals surface area (Å²) >= 11 is 1.40. The first kappa shape index (κ1) is 18.1. The van der Waals surface area contributed by atoms with Gasteiger partial charge in [0, 0.05) is 13.1 Å². The van der Waals surface area contributed by atoms with E-state index in [-0.39, 0.29) is 5.91 Å². The number of amides is 1. The molecule has 0 saturated carbocycles. The Morgan fingerprint density at radius 2 is 1.96 bits per heavy atom. The number of carbonyl (C=O) groups excluding carboxylic acids is 1. The highest BCUT2D eigenvalue weighted by Crippen LogP contribution is 2.24. The van der Waals surface area contributed by atoms with Crippen LogP contribution in [-0.2, 0) is 11.2 Å². The first-order chi connectivity index (χ1) is 12.1. The van der Waals surface area contributed by atoms with Crippen molar-refractivity contribution in [3.05, 3.63) is 47.3 Å². The SMILES string of the molecule is Cc1nc(SCC(=O)N2CCC(CCc3ccccc3)CC2)oc1C. The van der Waals surface area contributed by atoms with E-state index in [0.29, 0.717) is 11.0 Å².